The number of piperidine rings is 1. The number of aliphatic hydroxyl groups excluding tert-OH is 1. The maximum absolute atomic E-state index is 13.4. The number of para-hydroxylation sites is 1. The first-order chi connectivity index (χ1) is 20.0. The number of aliphatic hydroxyl groups is 1. The van der Waals surface area contributed by atoms with E-state index in [1.165, 1.54) is 10.6 Å². The van der Waals surface area contributed by atoms with Crippen LogP contribution in [-0.4, -0.2) is 92.9 Å². The lowest BCUT2D eigenvalue weighted by Crippen LogP contribution is -2.53. The Bertz CT molecular complexity index is 1540. The second-order valence-electron chi connectivity index (χ2n) is 12.0. The Labute approximate surface area is 247 Å². The van der Waals surface area contributed by atoms with Gasteiger partial charge < -0.3 is 19.6 Å². The number of imidazole rings is 1. The minimum atomic E-state index is -3.47. The molecule has 2 N–H and O–H groups in total. The number of pyridine rings is 1. The van der Waals surface area contributed by atoms with Gasteiger partial charge in [-0.15, -0.1) is 0 Å². The predicted octanol–water partition coefficient (Wildman–Crippen LogP) is 2.22. The summed E-state index contributed by atoms with van der Waals surface area (Å²) in [6.07, 6.45) is 9.56. The van der Waals surface area contributed by atoms with Crippen LogP contribution in [0, 0.1) is 0 Å². The summed E-state index contributed by atoms with van der Waals surface area (Å²) in [7, 11) is -3.47. The molecule has 2 aromatic heterocycles. The van der Waals surface area contributed by atoms with Crippen molar-refractivity contribution in [1.82, 2.24) is 28.6 Å². The minimum absolute atomic E-state index is 0.0446. The van der Waals surface area contributed by atoms with Crippen LogP contribution in [0.1, 0.15) is 62.4 Å². The molecule has 2 aliphatic rings. The lowest BCUT2D eigenvalue weighted by atomic mass is 9.96. The molecule has 2 aliphatic heterocycles. The summed E-state index contributed by atoms with van der Waals surface area (Å²) in [6.45, 7) is 5.27. The lowest BCUT2D eigenvalue weighted by molar-refractivity contribution is 0.0429. The minimum Gasteiger partial charge on any atom is -0.390 e. The molecule has 0 aliphatic carbocycles. The SMILES string of the molecule is CC(C)n1c(=O)c(C(=O)NC2C[C@@H]3CC[C@@H](C2)N3CC(O)CN(CCCn2ccnc2)S(C)(=O)=O)cc2ccccc21. The number of aryl methyl sites for hydroxylation is 1. The quantitative estimate of drug-likeness (QED) is 0.327. The smallest absolute Gasteiger partial charge is 0.264 e. The molecule has 0 spiro atoms. The highest BCUT2D eigenvalue weighted by Gasteiger charge is 2.42. The summed E-state index contributed by atoms with van der Waals surface area (Å²) < 4.78 is 29.8. The molecule has 1 unspecified atom stereocenters. The number of hydrogen-bond donors (Lipinski definition) is 2. The van der Waals surface area contributed by atoms with E-state index in [-0.39, 0.29) is 47.7 Å². The van der Waals surface area contributed by atoms with Crippen molar-refractivity contribution in [3.05, 3.63) is 65.0 Å². The number of fused-ring (bicyclic) bond motifs is 3. The molecule has 2 fully saturated rings. The van der Waals surface area contributed by atoms with Gasteiger partial charge in [-0.3, -0.25) is 14.5 Å². The third kappa shape index (κ3) is 6.77. The van der Waals surface area contributed by atoms with Gasteiger partial charge in [-0.25, -0.2) is 13.4 Å². The molecule has 2 bridgehead atoms. The van der Waals surface area contributed by atoms with E-state index in [0.717, 1.165) is 36.6 Å². The Hall–Kier alpha value is -3.06. The molecule has 0 saturated carbocycles. The molecule has 4 heterocycles. The van der Waals surface area contributed by atoms with Gasteiger partial charge in [0, 0.05) is 62.7 Å². The summed E-state index contributed by atoms with van der Waals surface area (Å²) in [5, 5.41) is 14.9. The van der Waals surface area contributed by atoms with Crippen LogP contribution < -0.4 is 10.9 Å². The average molecular weight is 599 g/mol. The standard InChI is InChI=1S/C30H42N6O5S/c1-21(2)36-28-8-5-4-7-22(28)15-27(30(36)39)29(38)32-23-16-24-9-10-25(17-23)35(24)19-26(37)18-34(42(3,40)41)13-6-12-33-14-11-31-20-33/h4-5,7-8,11,14-15,20-21,23-26,37H,6,9-10,12-13,16-19H2,1-3H3,(H,32,38)/t24-,25-,26?/m0/s1. The number of nitrogens with zero attached hydrogens (tertiary/aromatic N) is 5. The Morgan fingerprint density at radius 1 is 1.19 bits per heavy atom. The van der Waals surface area contributed by atoms with Gasteiger partial charge in [0.2, 0.25) is 10.0 Å². The Kier molecular flexibility index (Phi) is 9.17. The van der Waals surface area contributed by atoms with Crippen LogP contribution in [0.25, 0.3) is 10.9 Å². The van der Waals surface area contributed by atoms with Crippen molar-refractivity contribution in [1.29, 1.82) is 0 Å². The molecule has 228 valence electrons. The van der Waals surface area contributed by atoms with Crippen molar-refractivity contribution in [2.45, 2.75) is 82.8 Å². The number of carbonyl (C=O) groups excluding carboxylic acids is 1. The van der Waals surface area contributed by atoms with Gasteiger partial charge >= 0.3 is 0 Å². The third-order valence-electron chi connectivity index (χ3n) is 8.61. The molecular weight excluding hydrogens is 556 g/mol. The van der Waals surface area contributed by atoms with Gasteiger partial charge in [0.15, 0.2) is 0 Å². The van der Waals surface area contributed by atoms with Crippen LogP contribution in [0.3, 0.4) is 0 Å². The monoisotopic (exact) mass is 598 g/mol. The fourth-order valence-corrected chi connectivity index (χ4v) is 7.59. The summed E-state index contributed by atoms with van der Waals surface area (Å²) in [5.74, 6) is -0.350. The molecule has 2 saturated heterocycles. The van der Waals surface area contributed by atoms with Crippen molar-refractivity contribution in [3.63, 3.8) is 0 Å². The Morgan fingerprint density at radius 3 is 2.55 bits per heavy atom. The molecule has 12 heteroatoms. The zero-order chi connectivity index (χ0) is 30.0. The van der Waals surface area contributed by atoms with Crippen LogP contribution >= 0.6 is 0 Å². The number of rotatable bonds is 12. The van der Waals surface area contributed by atoms with E-state index >= 15 is 0 Å². The van der Waals surface area contributed by atoms with E-state index in [2.05, 4.69) is 15.2 Å². The van der Waals surface area contributed by atoms with Crippen molar-refractivity contribution in [3.8, 4) is 0 Å². The number of benzene rings is 1. The molecule has 1 amide bonds. The predicted molar refractivity (Wildman–Crippen MR) is 162 cm³/mol. The Balaban J connectivity index is 1.19. The fourth-order valence-electron chi connectivity index (χ4n) is 6.69. The van der Waals surface area contributed by atoms with E-state index in [0.29, 0.717) is 26.1 Å². The normalized spacial score (nSPS) is 21.8. The second kappa shape index (κ2) is 12.7. The molecule has 42 heavy (non-hydrogen) atoms. The van der Waals surface area contributed by atoms with E-state index in [1.807, 2.05) is 48.9 Å². The van der Waals surface area contributed by atoms with Gasteiger partial charge in [0.25, 0.3) is 11.5 Å². The Morgan fingerprint density at radius 2 is 1.90 bits per heavy atom. The van der Waals surface area contributed by atoms with Gasteiger partial charge in [-0.05, 0) is 63.5 Å². The number of nitrogens with one attached hydrogen (secondary N) is 1. The number of aromatic nitrogens is 3. The molecule has 3 atom stereocenters. The summed E-state index contributed by atoms with van der Waals surface area (Å²) >= 11 is 0. The van der Waals surface area contributed by atoms with Crippen molar-refractivity contribution in [2.75, 3.05) is 25.9 Å². The summed E-state index contributed by atoms with van der Waals surface area (Å²) in [6, 6.07) is 9.50. The maximum atomic E-state index is 13.4. The van der Waals surface area contributed by atoms with Crippen molar-refractivity contribution >= 4 is 26.8 Å². The van der Waals surface area contributed by atoms with Crippen LogP contribution in [-0.2, 0) is 16.6 Å². The lowest BCUT2D eigenvalue weighted by Gasteiger charge is -2.40. The van der Waals surface area contributed by atoms with Gasteiger partial charge in [0.1, 0.15) is 5.56 Å². The van der Waals surface area contributed by atoms with E-state index < -0.39 is 16.1 Å². The van der Waals surface area contributed by atoms with Crippen LogP contribution in [0.5, 0.6) is 0 Å². The third-order valence-corrected chi connectivity index (χ3v) is 9.88. The highest BCUT2D eigenvalue weighted by Crippen LogP contribution is 2.36. The van der Waals surface area contributed by atoms with Crippen LogP contribution in [0.4, 0.5) is 0 Å². The zero-order valence-electron chi connectivity index (χ0n) is 24.6. The maximum Gasteiger partial charge on any atom is 0.264 e. The van der Waals surface area contributed by atoms with Crippen molar-refractivity contribution < 1.29 is 18.3 Å². The molecular formula is C30H42N6O5S. The van der Waals surface area contributed by atoms with Gasteiger partial charge in [-0.1, -0.05) is 18.2 Å². The first kappa shape index (κ1) is 30.4. The largest absolute Gasteiger partial charge is 0.390 e. The van der Waals surface area contributed by atoms with E-state index in [4.69, 9.17) is 0 Å². The van der Waals surface area contributed by atoms with Gasteiger partial charge in [0.05, 0.1) is 24.2 Å². The average Bonchev–Trinajstić information content (AvgIpc) is 3.52. The molecule has 3 aromatic rings. The highest BCUT2D eigenvalue weighted by atomic mass is 32.2. The van der Waals surface area contributed by atoms with Crippen LogP contribution in [0.15, 0.2) is 53.8 Å². The number of amides is 1. The number of hydrogen-bond acceptors (Lipinski definition) is 7. The fraction of sp³-hybridized carbons (Fsp3) is 0.567. The molecule has 0 radical (unpaired) electrons. The second-order valence-corrected chi connectivity index (χ2v) is 14.0. The highest BCUT2D eigenvalue weighted by molar-refractivity contribution is 7.88. The van der Waals surface area contributed by atoms with Gasteiger partial charge in [-0.2, -0.15) is 4.31 Å². The molecule has 1 aromatic carbocycles. The summed E-state index contributed by atoms with van der Waals surface area (Å²) in [5.41, 5.74) is 0.679. The molecule has 11 nitrogen and oxygen atoms in total. The first-order valence-electron chi connectivity index (χ1n) is 14.8. The van der Waals surface area contributed by atoms with E-state index in [9.17, 15) is 23.1 Å². The van der Waals surface area contributed by atoms with E-state index in [1.54, 1.807) is 23.2 Å². The zero-order valence-corrected chi connectivity index (χ0v) is 25.4. The first-order valence-corrected chi connectivity index (χ1v) is 16.7. The molecule has 5 rings (SSSR count). The number of carbonyl (C=O) groups is 1. The number of sulfonamides is 1. The summed E-state index contributed by atoms with van der Waals surface area (Å²) in [4.78, 5) is 33.0. The van der Waals surface area contributed by atoms with Crippen molar-refractivity contribution in [2.24, 2.45) is 0 Å². The topological polar surface area (TPSA) is 130 Å². The van der Waals surface area contributed by atoms with Crippen LogP contribution in [0.2, 0.25) is 0 Å².